The zero-order valence-corrected chi connectivity index (χ0v) is 11.5. The molecule has 1 atom stereocenters. The van der Waals surface area contributed by atoms with Gasteiger partial charge in [-0.15, -0.1) is 0 Å². The van der Waals surface area contributed by atoms with Crippen molar-refractivity contribution in [1.82, 2.24) is 5.32 Å². The molecule has 1 fully saturated rings. The van der Waals surface area contributed by atoms with Crippen molar-refractivity contribution in [1.29, 1.82) is 0 Å². The predicted molar refractivity (Wildman–Crippen MR) is 75.4 cm³/mol. The molecule has 0 saturated carbocycles. The highest BCUT2D eigenvalue weighted by atomic mass is 16.5. The summed E-state index contributed by atoms with van der Waals surface area (Å²) >= 11 is 0. The minimum Gasteiger partial charge on any atom is -0.495 e. The van der Waals surface area contributed by atoms with E-state index in [2.05, 4.69) is 23.2 Å². The Kier molecular flexibility index (Phi) is 3.19. The average molecular weight is 260 g/mol. The maximum absolute atomic E-state index is 12.0. The molecule has 0 amide bonds. The molecule has 19 heavy (non-hydrogen) atoms. The van der Waals surface area contributed by atoms with Crippen LogP contribution in [0, 0.1) is 0 Å². The lowest BCUT2D eigenvalue weighted by molar-refractivity contribution is 0.0990. The summed E-state index contributed by atoms with van der Waals surface area (Å²) in [5, 5.41) is 3.35. The van der Waals surface area contributed by atoms with Gasteiger partial charge in [0.15, 0.2) is 5.78 Å². The lowest BCUT2D eigenvalue weighted by atomic mass is 10.0. The first-order valence-electron chi connectivity index (χ1n) is 6.91. The first-order valence-corrected chi connectivity index (χ1v) is 6.91. The van der Waals surface area contributed by atoms with Gasteiger partial charge >= 0.3 is 0 Å². The van der Waals surface area contributed by atoms with E-state index in [1.807, 2.05) is 6.07 Å². The minimum absolute atomic E-state index is 0.243. The molecule has 0 unspecified atom stereocenters. The Hall–Kier alpha value is -1.55. The number of fused-ring (bicyclic) bond motifs is 1. The summed E-state index contributed by atoms with van der Waals surface area (Å²) < 4.78 is 5.49. The highest BCUT2D eigenvalue weighted by Crippen LogP contribution is 2.40. The fourth-order valence-electron chi connectivity index (χ4n) is 3.05. The standard InChI is InChI=1S/C15H20N2O2/c1-10-7-14(18)12-9-15(19-2)13(8-11(10)12)17-5-3-16-4-6-17/h8-10,16H,3-7H2,1-2H3/t10-/m1/s1. The second kappa shape index (κ2) is 4.85. The van der Waals surface area contributed by atoms with E-state index in [1.165, 1.54) is 5.56 Å². The van der Waals surface area contributed by atoms with Crippen LogP contribution in [-0.4, -0.2) is 39.1 Å². The summed E-state index contributed by atoms with van der Waals surface area (Å²) in [7, 11) is 1.68. The van der Waals surface area contributed by atoms with Crippen LogP contribution in [0.15, 0.2) is 12.1 Å². The summed E-state index contributed by atoms with van der Waals surface area (Å²) in [6.45, 7) is 6.08. The SMILES string of the molecule is COc1cc2c(cc1N1CCNCC1)[C@H](C)CC2=O. The number of Topliss-reactive ketones (excluding diaryl/α,β-unsaturated/α-hetero) is 1. The van der Waals surface area contributed by atoms with Crippen LogP contribution >= 0.6 is 0 Å². The number of nitrogens with one attached hydrogen (secondary N) is 1. The maximum Gasteiger partial charge on any atom is 0.163 e. The van der Waals surface area contributed by atoms with Crippen LogP contribution in [0.4, 0.5) is 5.69 Å². The number of ether oxygens (including phenoxy) is 1. The Bertz CT molecular complexity index is 507. The number of anilines is 1. The lowest BCUT2D eigenvalue weighted by Gasteiger charge is -2.31. The molecule has 1 aliphatic heterocycles. The Labute approximate surface area is 113 Å². The van der Waals surface area contributed by atoms with Crippen molar-refractivity contribution >= 4 is 11.5 Å². The fourth-order valence-corrected chi connectivity index (χ4v) is 3.05. The zero-order valence-electron chi connectivity index (χ0n) is 11.5. The van der Waals surface area contributed by atoms with Crippen LogP contribution in [0.5, 0.6) is 5.75 Å². The first-order chi connectivity index (χ1) is 9.20. The molecular weight excluding hydrogens is 240 g/mol. The minimum atomic E-state index is 0.243. The predicted octanol–water partition coefficient (Wildman–Crippen LogP) is 1.79. The van der Waals surface area contributed by atoms with Crippen LogP contribution < -0.4 is 15.0 Å². The van der Waals surface area contributed by atoms with E-state index in [9.17, 15) is 4.79 Å². The van der Waals surface area contributed by atoms with Gasteiger partial charge in [0.1, 0.15) is 5.75 Å². The van der Waals surface area contributed by atoms with Gasteiger partial charge in [-0.05, 0) is 23.6 Å². The Morgan fingerprint density at radius 1 is 1.32 bits per heavy atom. The highest BCUT2D eigenvalue weighted by Gasteiger charge is 2.29. The summed E-state index contributed by atoms with van der Waals surface area (Å²) in [4.78, 5) is 14.3. The smallest absolute Gasteiger partial charge is 0.163 e. The second-order valence-electron chi connectivity index (χ2n) is 5.38. The van der Waals surface area contributed by atoms with Gasteiger partial charge in [-0.25, -0.2) is 0 Å². The van der Waals surface area contributed by atoms with E-state index in [0.717, 1.165) is 43.2 Å². The van der Waals surface area contributed by atoms with Crippen molar-refractivity contribution in [2.45, 2.75) is 19.3 Å². The number of hydrogen-bond donors (Lipinski definition) is 1. The molecule has 0 radical (unpaired) electrons. The molecule has 1 N–H and O–H groups in total. The maximum atomic E-state index is 12.0. The Morgan fingerprint density at radius 2 is 2.05 bits per heavy atom. The van der Waals surface area contributed by atoms with Gasteiger partial charge in [0.25, 0.3) is 0 Å². The molecule has 3 rings (SSSR count). The van der Waals surface area contributed by atoms with Gasteiger partial charge < -0.3 is 15.0 Å². The van der Waals surface area contributed by atoms with Crippen LogP contribution in [0.25, 0.3) is 0 Å². The summed E-state index contributed by atoms with van der Waals surface area (Å²) in [5.41, 5.74) is 3.16. The largest absolute Gasteiger partial charge is 0.495 e. The van der Waals surface area contributed by atoms with Crippen molar-refractivity contribution in [3.8, 4) is 5.75 Å². The van der Waals surface area contributed by atoms with Crippen molar-refractivity contribution in [2.75, 3.05) is 38.2 Å². The van der Waals surface area contributed by atoms with E-state index >= 15 is 0 Å². The Balaban J connectivity index is 2.04. The topological polar surface area (TPSA) is 41.6 Å². The number of hydrogen-bond acceptors (Lipinski definition) is 4. The van der Waals surface area contributed by atoms with E-state index in [-0.39, 0.29) is 5.78 Å². The number of nitrogens with zero attached hydrogens (tertiary/aromatic N) is 1. The third kappa shape index (κ3) is 2.10. The fraction of sp³-hybridized carbons (Fsp3) is 0.533. The third-order valence-electron chi connectivity index (χ3n) is 4.13. The van der Waals surface area contributed by atoms with Crippen molar-refractivity contribution in [2.24, 2.45) is 0 Å². The van der Waals surface area contributed by atoms with Crippen molar-refractivity contribution < 1.29 is 9.53 Å². The molecule has 1 aliphatic carbocycles. The molecule has 0 spiro atoms. The van der Waals surface area contributed by atoms with Crippen LogP contribution in [0.3, 0.4) is 0 Å². The molecule has 1 aromatic carbocycles. The van der Waals surface area contributed by atoms with Crippen LogP contribution in [0.2, 0.25) is 0 Å². The number of carbonyl (C=O) groups excluding carboxylic acids is 1. The summed E-state index contributed by atoms with van der Waals surface area (Å²) in [6.07, 6.45) is 0.628. The molecule has 4 heteroatoms. The van der Waals surface area contributed by atoms with Gasteiger partial charge in [0.2, 0.25) is 0 Å². The molecule has 102 valence electrons. The molecule has 4 nitrogen and oxygen atoms in total. The van der Waals surface area contributed by atoms with E-state index in [4.69, 9.17) is 4.74 Å². The van der Waals surface area contributed by atoms with Crippen LogP contribution in [-0.2, 0) is 0 Å². The molecule has 2 aliphatic rings. The quantitative estimate of drug-likeness (QED) is 0.880. The zero-order chi connectivity index (χ0) is 13.4. The van der Waals surface area contributed by atoms with Gasteiger partial charge in [-0.2, -0.15) is 0 Å². The normalized spacial score (nSPS) is 22.5. The number of carbonyl (C=O) groups is 1. The van der Waals surface area contributed by atoms with Crippen LogP contribution in [0.1, 0.15) is 35.2 Å². The molecule has 1 aromatic rings. The molecule has 0 aromatic heterocycles. The van der Waals surface area contributed by atoms with E-state index in [1.54, 1.807) is 7.11 Å². The number of methoxy groups -OCH3 is 1. The molecule has 1 heterocycles. The van der Waals surface area contributed by atoms with Gasteiger partial charge in [-0.3, -0.25) is 4.79 Å². The molecular formula is C15H20N2O2. The van der Waals surface area contributed by atoms with Gasteiger partial charge in [0, 0.05) is 38.2 Å². The van der Waals surface area contributed by atoms with Crippen molar-refractivity contribution in [3.63, 3.8) is 0 Å². The lowest BCUT2D eigenvalue weighted by Crippen LogP contribution is -2.43. The summed E-state index contributed by atoms with van der Waals surface area (Å²) in [6, 6.07) is 4.09. The second-order valence-corrected chi connectivity index (χ2v) is 5.38. The van der Waals surface area contributed by atoms with E-state index in [0.29, 0.717) is 12.3 Å². The molecule has 0 bridgehead atoms. The van der Waals surface area contributed by atoms with Crippen molar-refractivity contribution in [3.05, 3.63) is 23.3 Å². The first kappa shape index (κ1) is 12.5. The number of piperazine rings is 1. The average Bonchev–Trinajstić information content (AvgIpc) is 2.73. The highest BCUT2D eigenvalue weighted by molar-refractivity contribution is 6.02. The number of rotatable bonds is 2. The number of ketones is 1. The monoisotopic (exact) mass is 260 g/mol. The van der Waals surface area contributed by atoms with Gasteiger partial charge in [-0.1, -0.05) is 6.92 Å². The Morgan fingerprint density at radius 3 is 2.74 bits per heavy atom. The third-order valence-corrected chi connectivity index (χ3v) is 4.13. The molecule has 1 saturated heterocycles. The number of benzene rings is 1. The summed E-state index contributed by atoms with van der Waals surface area (Å²) in [5.74, 6) is 1.39. The van der Waals surface area contributed by atoms with Gasteiger partial charge in [0.05, 0.1) is 12.8 Å². The van der Waals surface area contributed by atoms with E-state index < -0.39 is 0 Å².